The Morgan fingerprint density at radius 3 is 1.98 bits per heavy atom. The number of fused-ring (bicyclic) bond motifs is 14. The molecule has 3 aromatic heterocycles. The standard InChI is InChI=1S/C50H32N4S/c1-50(2)39-20-10-7-15-33(39)34-26-25-32(28-40(34)50)48-51-47(31-24-23-29-13-3-4-14-30(29)27-31)52-49(53-48)54-41-21-11-8-18-37(41)43-35-16-5-6-17-36(35)46-44(45(43)54)38-19-9-12-22-42(38)55-46/h3-28H,1-2H3. The predicted octanol–water partition coefficient (Wildman–Crippen LogP) is 13.3. The van der Waals surface area contributed by atoms with Gasteiger partial charge in [-0.25, -0.2) is 4.98 Å². The summed E-state index contributed by atoms with van der Waals surface area (Å²) in [5.74, 6) is 1.90. The maximum absolute atomic E-state index is 5.45. The van der Waals surface area contributed by atoms with Crippen molar-refractivity contribution >= 4 is 74.9 Å². The summed E-state index contributed by atoms with van der Waals surface area (Å²) in [5.41, 5.74) is 9.17. The van der Waals surface area contributed by atoms with Crippen LogP contribution in [-0.4, -0.2) is 19.5 Å². The number of hydrogen-bond acceptors (Lipinski definition) is 4. The van der Waals surface area contributed by atoms with E-state index in [-0.39, 0.29) is 5.41 Å². The van der Waals surface area contributed by atoms with Gasteiger partial charge in [0.2, 0.25) is 5.95 Å². The van der Waals surface area contributed by atoms with E-state index in [4.69, 9.17) is 15.0 Å². The quantitative estimate of drug-likeness (QED) is 0.182. The summed E-state index contributed by atoms with van der Waals surface area (Å²) in [6, 6.07) is 56.8. The molecular weight excluding hydrogens is 689 g/mol. The number of benzene rings is 8. The first-order valence-corrected chi connectivity index (χ1v) is 19.6. The second-order valence-corrected chi connectivity index (χ2v) is 16.3. The van der Waals surface area contributed by atoms with Crippen molar-refractivity contribution in [2.45, 2.75) is 19.3 Å². The topological polar surface area (TPSA) is 43.6 Å². The summed E-state index contributed by atoms with van der Waals surface area (Å²) in [6.45, 7) is 4.64. The third-order valence-electron chi connectivity index (χ3n) is 11.8. The molecule has 3 heterocycles. The van der Waals surface area contributed by atoms with Gasteiger partial charge in [-0.15, -0.1) is 11.3 Å². The number of para-hydroxylation sites is 1. The lowest BCUT2D eigenvalue weighted by molar-refractivity contribution is 0.660. The van der Waals surface area contributed by atoms with Gasteiger partial charge < -0.3 is 0 Å². The van der Waals surface area contributed by atoms with Crippen LogP contribution in [0, 0.1) is 0 Å². The normalized spacial score (nSPS) is 13.4. The molecule has 0 N–H and O–H groups in total. The Kier molecular flexibility index (Phi) is 6.24. The van der Waals surface area contributed by atoms with E-state index in [2.05, 4.69) is 176 Å². The summed E-state index contributed by atoms with van der Waals surface area (Å²) < 4.78 is 4.85. The van der Waals surface area contributed by atoms with Crippen molar-refractivity contribution in [2.24, 2.45) is 0 Å². The van der Waals surface area contributed by atoms with Crippen molar-refractivity contribution in [1.82, 2.24) is 19.5 Å². The molecule has 0 bridgehead atoms. The molecule has 11 aromatic rings. The molecule has 258 valence electrons. The van der Waals surface area contributed by atoms with E-state index in [1.807, 2.05) is 11.3 Å². The van der Waals surface area contributed by atoms with Crippen LogP contribution in [0.15, 0.2) is 158 Å². The zero-order chi connectivity index (χ0) is 36.4. The molecule has 0 atom stereocenters. The van der Waals surface area contributed by atoms with Crippen LogP contribution in [0.1, 0.15) is 25.0 Å². The second-order valence-electron chi connectivity index (χ2n) is 15.2. The summed E-state index contributed by atoms with van der Waals surface area (Å²) in [6.07, 6.45) is 0. The Balaban J connectivity index is 1.21. The Bertz CT molecular complexity index is 3420. The fourth-order valence-corrected chi connectivity index (χ4v) is 10.5. The number of aromatic nitrogens is 4. The molecule has 1 aliphatic rings. The second kappa shape index (κ2) is 11.2. The minimum Gasteiger partial charge on any atom is -0.277 e. The third-order valence-corrected chi connectivity index (χ3v) is 13.0. The molecule has 0 amide bonds. The lowest BCUT2D eigenvalue weighted by atomic mass is 9.82. The fraction of sp³-hybridized carbons (Fsp3) is 0.0600. The molecule has 0 spiro atoms. The lowest BCUT2D eigenvalue weighted by Crippen LogP contribution is -2.15. The Morgan fingerprint density at radius 2 is 1.13 bits per heavy atom. The molecule has 0 saturated heterocycles. The summed E-state index contributed by atoms with van der Waals surface area (Å²) >= 11 is 1.86. The van der Waals surface area contributed by atoms with Gasteiger partial charge in [0, 0.05) is 52.9 Å². The number of rotatable bonds is 3. The highest BCUT2D eigenvalue weighted by molar-refractivity contribution is 7.27. The van der Waals surface area contributed by atoms with Gasteiger partial charge in [0.15, 0.2) is 11.6 Å². The van der Waals surface area contributed by atoms with Crippen molar-refractivity contribution in [3.63, 3.8) is 0 Å². The van der Waals surface area contributed by atoms with Gasteiger partial charge in [-0.2, -0.15) is 9.97 Å². The molecule has 0 saturated carbocycles. The molecule has 12 rings (SSSR count). The summed E-state index contributed by atoms with van der Waals surface area (Å²) in [7, 11) is 0. The van der Waals surface area contributed by atoms with Gasteiger partial charge in [-0.1, -0.05) is 147 Å². The fourth-order valence-electron chi connectivity index (χ4n) is 9.22. The third kappa shape index (κ3) is 4.30. The predicted molar refractivity (Wildman–Crippen MR) is 231 cm³/mol. The molecule has 0 aliphatic heterocycles. The van der Waals surface area contributed by atoms with Crippen LogP contribution in [0.2, 0.25) is 0 Å². The summed E-state index contributed by atoms with van der Waals surface area (Å²) in [5, 5.41) is 9.70. The minimum atomic E-state index is -0.154. The monoisotopic (exact) mass is 720 g/mol. The van der Waals surface area contributed by atoms with E-state index in [1.165, 1.54) is 69.4 Å². The molecular formula is C50H32N4S. The van der Waals surface area contributed by atoms with E-state index >= 15 is 0 Å². The first-order chi connectivity index (χ1) is 27.0. The van der Waals surface area contributed by atoms with Crippen LogP contribution >= 0.6 is 11.3 Å². The highest BCUT2D eigenvalue weighted by Gasteiger charge is 2.35. The van der Waals surface area contributed by atoms with Crippen molar-refractivity contribution in [3.8, 4) is 39.9 Å². The lowest BCUT2D eigenvalue weighted by Gasteiger charge is -2.21. The van der Waals surface area contributed by atoms with Gasteiger partial charge in [0.05, 0.1) is 11.0 Å². The van der Waals surface area contributed by atoms with Crippen molar-refractivity contribution < 1.29 is 0 Å². The van der Waals surface area contributed by atoms with Crippen molar-refractivity contribution in [2.75, 3.05) is 0 Å². The zero-order valence-electron chi connectivity index (χ0n) is 30.2. The Morgan fingerprint density at radius 1 is 0.491 bits per heavy atom. The van der Waals surface area contributed by atoms with Gasteiger partial charge in [0.1, 0.15) is 0 Å². The smallest absolute Gasteiger partial charge is 0.238 e. The van der Waals surface area contributed by atoms with Crippen LogP contribution in [-0.2, 0) is 5.41 Å². The van der Waals surface area contributed by atoms with E-state index in [1.54, 1.807) is 0 Å². The zero-order valence-corrected chi connectivity index (χ0v) is 31.0. The first-order valence-electron chi connectivity index (χ1n) is 18.8. The Labute approximate surface area is 321 Å². The first kappa shape index (κ1) is 30.7. The number of hydrogen-bond donors (Lipinski definition) is 0. The minimum absolute atomic E-state index is 0.154. The molecule has 5 heteroatoms. The molecule has 4 nitrogen and oxygen atoms in total. The van der Waals surface area contributed by atoms with Gasteiger partial charge in [0.25, 0.3) is 0 Å². The maximum atomic E-state index is 5.45. The molecule has 0 fully saturated rings. The molecule has 8 aromatic carbocycles. The van der Waals surface area contributed by atoms with E-state index < -0.39 is 0 Å². The van der Waals surface area contributed by atoms with Crippen LogP contribution in [0.5, 0.6) is 0 Å². The highest BCUT2D eigenvalue weighted by atomic mass is 32.1. The largest absolute Gasteiger partial charge is 0.277 e. The Hall–Kier alpha value is -6.69. The SMILES string of the molecule is CC1(C)c2ccccc2-c2ccc(-c3nc(-c4ccc5ccccc5c4)nc(-n4c5ccccc5c5c6ccccc6c6sc7ccccc7c6c54)n3)cc21. The number of nitrogens with zero attached hydrogens (tertiary/aromatic N) is 4. The summed E-state index contributed by atoms with van der Waals surface area (Å²) in [4.78, 5) is 16.2. The van der Waals surface area contributed by atoms with Crippen molar-refractivity contribution in [3.05, 3.63) is 169 Å². The van der Waals surface area contributed by atoms with Gasteiger partial charge >= 0.3 is 0 Å². The molecule has 0 radical (unpaired) electrons. The van der Waals surface area contributed by atoms with Crippen molar-refractivity contribution in [1.29, 1.82) is 0 Å². The average molecular weight is 721 g/mol. The molecule has 55 heavy (non-hydrogen) atoms. The van der Waals surface area contributed by atoms with Crippen LogP contribution in [0.3, 0.4) is 0 Å². The van der Waals surface area contributed by atoms with Gasteiger partial charge in [-0.3, -0.25) is 4.57 Å². The average Bonchev–Trinajstić information content (AvgIpc) is 3.87. The molecule has 0 unspecified atom stereocenters. The highest BCUT2D eigenvalue weighted by Crippen LogP contribution is 2.50. The maximum Gasteiger partial charge on any atom is 0.238 e. The van der Waals surface area contributed by atoms with E-state index in [0.717, 1.165) is 27.5 Å². The number of thiophene rings is 1. The van der Waals surface area contributed by atoms with E-state index in [0.29, 0.717) is 17.6 Å². The molecule has 1 aliphatic carbocycles. The van der Waals surface area contributed by atoms with E-state index in [9.17, 15) is 0 Å². The van der Waals surface area contributed by atoms with Crippen LogP contribution in [0.25, 0.3) is 103 Å². The van der Waals surface area contributed by atoms with Crippen LogP contribution in [0.4, 0.5) is 0 Å². The van der Waals surface area contributed by atoms with Crippen LogP contribution < -0.4 is 0 Å². The van der Waals surface area contributed by atoms with Gasteiger partial charge in [-0.05, 0) is 62.7 Å².